The highest BCUT2D eigenvalue weighted by Gasteiger charge is 2.50. The minimum Gasteiger partial charge on any atom is -0.355 e. The Kier molecular flexibility index (Phi) is 4.45. The summed E-state index contributed by atoms with van der Waals surface area (Å²) in [5.74, 6) is 0.883. The molecule has 0 aliphatic heterocycles. The van der Waals surface area contributed by atoms with Crippen molar-refractivity contribution in [3.8, 4) is 0 Å². The van der Waals surface area contributed by atoms with Crippen LogP contribution >= 0.6 is 0 Å². The summed E-state index contributed by atoms with van der Waals surface area (Å²) in [7, 11) is 0. The minimum atomic E-state index is -0.0885. The monoisotopic (exact) mass is 267 g/mol. The molecular formula is C14H25N3O2. The van der Waals surface area contributed by atoms with E-state index in [1.165, 1.54) is 0 Å². The normalized spacial score (nSPS) is 32.4. The Labute approximate surface area is 114 Å². The van der Waals surface area contributed by atoms with E-state index in [1.807, 2.05) is 13.8 Å². The molecule has 2 fully saturated rings. The van der Waals surface area contributed by atoms with E-state index in [4.69, 9.17) is 5.73 Å². The Bertz CT molecular complexity index is 357. The predicted molar refractivity (Wildman–Crippen MR) is 73.2 cm³/mol. The standard InChI is InChI=1S/C14H25N3O2/c1-3-16-11(18)8-17(4-2)14(19)12-9-5-6-10(7-9)13(12)15/h9-10,12-13H,3-8,15H2,1-2H3,(H,16,18). The molecule has 2 amide bonds. The highest BCUT2D eigenvalue weighted by molar-refractivity contribution is 5.86. The van der Waals surface area contributed by atoms with Crippen LogP contribution in [0.25, 0.3) is 0 Å². The number of carbonyl (C=O) groups excluding carboxylic acids is 2. The zero-order valence-electron chi connectivity index (χ0n) is 11.9. The summed E-state index contributed by atoms with van der Waals surface area (Å²) in [5, 5.41) is 2.74. The number of fused-ring (bicyclic) bond motifs is 2. The van der Waals surface area contributed by atoms with Gasteiger partial charge in [-0.25, -0.2) is 0 Å². The molecule has 4 atom stereocenters. The second-order valence-electron chi connectivity index (χ2n) is 5.74. The molecular weight excluding hydrogens is 242 g/mol. The summed E-state index contributed by atoms with van der Waals surface area (Å²) < 4.78 is 0. The average molecular weight is 267 g/mol. The van der Waals surface area contributed by atoms with E-state index in [1.54, 1.807) is 4.90 Å². The quantitative estimate of drug-likeness (QED) is 0.754. The Balaban J connectivity index is 1.99. The van der Waals surface area contributed by atoms with Gasteiger partial charge < -0.3 is 16.0 Å². The van der Waals surface area contributed by atoms with Crippen molar-refractivity contribution in [1.29, 1.82) is 0 Å². The fourth-order valence-electron chi connectivity index (χ4n) is 3.69. The SMILES string of the molecule is CCNC(=O)CN(CC)C(=O)C1C2CCC(C2)C1N. The van der Waals surface area contributed by atoms with Crippen molar-refractivity contribution in [3.63, 3.8) is 0 Å². The van der Waals surface area contributed by atoms with Gasteiger partial charge in [-0.3, -0.25) is 9.59 Å². The summed E-state index contributed by atoms with van der Waals surface area (Å²) in [6.07, 6.45) is 3.38. The average Bonchev–Trinajstić information content (AvgIpc) is 2.96. The lowest BCUT2D eigenvalue weighted by atomic mass is 9.84. The Morgan fingerprint density at radius 1 is 1.26 bits per heavy atom. The maximum Gasteiger partial charge on any atom is 0.239 e. The van der Waals surface area contributed by atoms with E-state index in [0.29, 0.717) is 24.9 Å². The van der Waals surface area contributed by atoms with E-state index in [0.717, 1.165) is 19.3 Å². The lowest BCUT2D eigenvalue weighted by molar-refractivity contribution is -0.141. The van der Waals surface area contributed by atoms with Crippen LogP contribution in [0.2, 0.25) is 0 Å². The molecule has 0 heterocycles. The van der Waals surface area contributed by atoms with Gasteiger partial charge in [0.2, 0.25) is 11.8 Å². The Morgan fingerprint density at radius 3 is 2.47 bits per heavy atom. The maximum atomic E-state index is 12.6. The number of nitrogens with one attached hydrogen (secondary N) is 1. The molecule has 108 valence electrons. The van der Waals surface area contributed by atoms with Crippen molar-refractivity contribution >= 4 is 11.8 Å². The predicted octanol–water partition coefficient (Wildman–Crippen LogP) is 0.344. The molecule has 2 aliphatic rings. The number of likely N-dealkylation sites (N-methyl/N-ethyl adjacent to an activating group) is 2. The van der Waals surface area contributed by atoms with Crippen molar-refractivity contribution in [1.82, 2.24) is 10.2 Å². The van der Waals surface area contributed by atoms with E-state index in [9.17, 15) is 9.59 Å². The third-order valence-electron chi connectivity index (χ3n) is 4.67. The molecule has 0 aromatic carbocycles. The van der Waals surface area contributed by atoms with Gasteiger partial charge >= 0.3 is 0 Å². The number of nitrogens with zero attached hydrogens (tertiary/aromatic N) is 1. The van der Waals surface area contributed by atoms with Crippen LogP contribution in [0.15, 0.2) is 0 Å². The molecule has 19 heavy (non-hydrogen) atoms. The topological polar surface area (TPSA) is 75.4 Å². The number of amides is 2. The first-order valence-corrected chi connectivity index (χ1v) is 7.39. The van der Waals surface area contributed by atoms with E-state index in [2.05, 4.69) is 5.32 Å². The molecule has 2 aliphatic carbocycles. The molecule has 2 rings (SSSR count). The smallest absolute Gasteiger partial charge is 0.239 e. The Morgan fingerprint density at radius 2 is 1.95 bits per heavy atom. The van der Waals surface area contributed by atoms with Gasteiger partial charge in [0, 0.05) is 19.1 Å². The van der Waals surface area contributed by atoms with Crippen LogP contribution in [-0.2, 0) is 9.59 Å². The molecule has 4 unspecified atom stereocenters. The first kappa shape index (κ1) is 14.3. The number of hydrogen-bond acceptors (Lipinski definition) is 3. The van der Waals surface area contributed by atoms with Crippen LogP contribution in [0.3, 0.4) is 0 Å². The second kappa shape index (κ2) is 5.90. The summed E-state index contributed by atoms with van der Waals surface area (Å²) in [5.41, 5.74) is 6.20. The van der Waals surface area contributed by atoms with Gasteiger partial charge in [0.25, 0.3) is 0 Å². The molecule has 0 aromatic rings. The van der Waals surface area contributed by atoms with Crippen LogP contribution in [-0.4, -0.2) is 42.4 Å². The van der Waals surface area contributed by atoms with Gasteiger partial charge in [-0.05, 0) is 44.9 Å². The van der Waals surface area contributed by atoms with Crippen molar-refractivity contribution in [2.45, 2.75) is 39.2 Å². The highest BCUT2D eigenvalue weighted by atomic mass is 16.2. The first-order chi connectivity index (χ1) is 9.08. The summed E-state index contributed by atoms with van der Waals surface area (Å²) in [6.45, 7) is 5.11. The fourth-order valence-corrected chi connectivity index (χ4v) is 3.69. The third-order valence-corrected chi connectivity index (χ3v) is 4.67. The molecule has 2 bridgehead atoms. The fraction of sp³-hybridized carbons (Fsp3) is 0.857. The van der Waals surface area contributed by atoms with Gasteiger partial charge in [-0.15, -0.1) is 0 Å². The summed E-state index contributed by atoms with van der Waals surface area (Å²) in [6, 6.07) is -0.00506. The molecule has 3 N–H and O–H groups in total. The second-order valence-corrected chi connectivity index (χ2v) is 5.74. The van der Waals surface area contributed by atoms with Crippen LogP contribution in [0.1, 0.15) is 33.1 Å². The lowest BCUT2D eigenvalue weighted by Gasteiger charge is -2.31. The largest absolute Gasteiger partial charge is 0.355 e. The lowest BCUT2D eigenvalue weighted by Crippen LogP contribution is -2.49. The molecule has 5 nitrogen and oxygen atoms in total. The first-order valence-electron chi connectivity index (χ1n) is 7.39. The van der Waals surface area contributed by atoms with Gasteiger partial charge in [-0.2, -0.15) is 0 Å². The van der Waals surface area contributed by atoms with Gasteiger partial charge in [0.05, 0.1) is 12.5 Å². The van der Waals surface area contributed by atoms with Crippen LogP contribution in [0.4, 0.5) is 0 Å². The molecule has 0 spiro atoms. The van der Waals surface area contributed by atoms with E-state index < -0.39 is 0 Å². The molecule has 5 heteroatoms. The number of hydrogen-bond donors (Lipinski definition) is 2. The Hall–Kier alpha value is -1.10. The van der Waals surface area contributed by atoms with Crippen molar-refractivity contribution in [3.05, 3.63) is 0 Å². The molecule has 0 saturated heterocycles. The minimum absolute atomic E-state index is 0.00506. The maximum absolute atomic E-state index is 12.6. The van der Waals surface area contributed by atoms with Crippen LogP contribution in [0, 0.1) is 17.8 Å². The number of carbonyl (C=O) groups is 2. The summed E-state index contributed by atoms with van der Waals surface area (Å²) in [4.78, 5) is 25.9. The molecule has 0 aromatic heterocycles. The van der Waals surface area contributed by atoms with E-state index in [-0.39, 0.29) is 30.3 Å². The van der Waals surface area contributed by atoms with Crippen LogP contribution in [0.5, 0.6) is 0 Å². The highest BCUT2D eigenvalue weighted by Crippen LogP contribution is 2.48. The number of nitrogens with two attached hydrogens (primary N) is 1. The molecule has 0 radical (unpaired) electrons. The third kappa shape index (κ3) is 2.76. The van der Waals surface area contributed by atoms with Crippen molar-refractivity contribution < 1.29 is 9.59 Å². The summed E-state index contributed by atoms with van der Waals surface area (Å²) >= 11 is 0. The molecule has 2 saturated carbocycles. The number of rotatable bonds is 5. The van der Waals surface area contributed by atoms with Crippen LogP contribution < -0.4 is 11.1 Å². The van der Waals surface area contributed by atoms with Gasteiger partial charge in [0.15, 0.2) is 0 Å². The van der Waals surface area contributed by atoms with E-state index >= 15 is 0 Å². The zero-order chi connectivity index (χ0) is 14.0. The van der Waals surface area contributed by atoms with Gasteiger partial charge in [0.1, 0.15) is 0 Å². The van der Waals surface area contributed by atoms with Crippen molar-refractivity contribution in [2.75, 3.05) is 19.6 Å². The van der Waals surface area contributed by atoms with Gasteiger partial charge in [-0.1, -0.05) is 0 Å². The van der Waals surface area contributed by atoms with Crippen molar-refractivity contribution in [2.24, 2.45) is 23.5 Å². The zero-order valence-corrected chi connectivity index (χ0v) is 11.9.